The van der Waals surface area contributed by atoms with Crippen LogP contribution in [0.2, 0.25) is 10.0 Å². The van der Waals surface area contributed by atoms with E-state index in [-0.39, 0.29) is 6.54 Å². The highest BCUT2D eigenvalue weighted by molar-refractivity contribution is 6.37. The molecule has 18 heavy (non-hydrogen) atoms. The van der Waals surface area contributed by atoms with Crippen molar-refractivity contribution < 1.29 is 9.53 Å². The van der Waals surface area contributed by atoms with Crippen LogP contribution in [-0.4, -0.2) is 19.1 Å². The summed E-state index contributed by atoms with van der Waals surface area (Å²) >= 11 is 12.1. The van der Waals surface area contributed by atoms with Gasteiger partial charge in [-0.1, -0.05) is 35.9 Å². The molecule has 0 atom stereocenters. The zero-order valence-corrected chi connectivity index (χ0v) is 11.2. The molecule has 0 aliphatic carbocycles. The van der Waals surface area contributed by atoms with Gasteiger partial charge in [-0.2, -0.15) is 0 Å². The lowest BCUT2D eigenvalue weighted by Crippen LogP contribution is -2.28. The van der Waals surface area contributed by atoms with Gasteiger partial charge in [0.15, 0.2) is 5.75 Å². The van der Waals surface area contributed by atoms with Crippen LogP contribution in [0, 0.1) is 0 Å². The molecule has 1 amide bonds. The van der Waals surface area contributed by atoms with Crippen molar-refractivity contribution in [2.75, 3.05) is 13.2 Å². The Bertz CT molecular complexity index is 427. The maximum Gasteiger partial charge on any atom is 0.231 e. The Morgan fingerprint density at radius 1 is 1.44 bits per heavy atom. The molecule has 0 spiro atoms. The van der Waals surface area contributed by atoms with Crippen LogP contribution in [0.1, 0.15) is 5.56 Å². The van der Waals surface area contributed by atoms with Gasteiger partial charge in [0, 0.05) is 6.54 Å². The molecule has 1 rings (SSSR count). The summed E-state index contributed by atoms with van der Waals surface area (Å²) in [7, 11) is 0. The minimum atomic E-state index is -0.418. The fourth-order valence-electron chi connectivity index (χ4n) is 1.32. The zero-order chi connectivity index (χ0) is 13.5. The quantitative estimate of drug-likeness (QED) is 0.756. The largest absolute Gasteiger partial charge is 0.486 e. The highest BCUT2D eigenvalue weighted by Gasteiger charge is 2.09. The third kappa shape index (κ3) is 4.56. The number of ether oxygens (including phenoxy) is 1. The summed E-state index contributed by atoms with van der Waals surface area (Å²) in [6, 6.07) is 3.44. The highest BCUT2D eigenvalue weighted by atomic mass is 35.5. The van der Waals surface area contributed by atoms with Gasteiger partial charge in [0.1, 0.15) is 6.61 Å². The van der Waals surface area contributed by atoms with Crippen molar-refractivity contribution in [2.45, 2.75) is 6.54 Å². The Labute approximate surface area is 116 Å². The Kier molecular flexibility index (Phi) is 5.98. The Balaban J connectivity index is 2.72. The molecule has 0 radical (unpaired) electrons. The van der Waals surface area contributed by atoms with Crippen molar-refractivity contribution in [1.82, 2.24) is 5.32 Å². The average molecular weight is 289 g/mol. The molecular weight excluding hydrogens is 275 g/mol. The summed E-state index contributed by atoms with van der Waals surface area (Å²) in [6.45, 7) is 4.43. The number of nitrogens with two attached hydrogens (primary N) is 1. The molecule has 1 aromatic carbocycles. The molecule has 0 unspecified atom stereocenters. The maximum absolute atomic E-state index is 10.6. The second-order valence-electron chi connectivity index (χ2n) is 3.56. The Hall–Kier alpha value is -1.23. The monoisotopic (exact) mass is 288 g/mol. The van der Waals surface area contributed by atoms with E-state index in [0.717, 1.165) is 5.56 Å². The van der Waals surface area contributed by atoms with E-state index in [0.29, 0.717) is 28.9 Å². The Morgan fingerprint density at radius 2 is 2.06 bits per heavy atom. The maximum atomic E-state index is 10.6. The molecule has 4 nitrogen and oxygen atoms in total. The van der Waals surface area contributed by atoms with Crippen LogP contribution in [-0.2, 0) is 11.3 Å². The fourth-order valence-corrected chi connectivity index (χ4v) is 1.97. The normalized spacial score (nSPS) is 10.1. The van der Waals surface area contributed by atoms with Crippen molar-refractivity contribution in [3.8, 4) is 5.75 Å². The van der Waals surface area contributed by atoms with E-state index < -0.39 is 5.91 Å². The lowest BCUT2D eigenvalue weighted by Gasteiger charge is -2.10. The van der Waals surface area contributed by atoms with Gasteiger partial charge < -0.3 is 15.8 Å². The van der Waals surface area contributed by atoms with Crippen LogP contribution >= 0.6 is 23.2 Å². The average Bonchev–Trinajstić information content (AvgIpc) is 2.27. The van der Waals surface area contributed by atoms with Gasteiger partial charge in [0.25, 0.3) is 0 Å². The van der Waals surface area contributed by atoms with Gasteiger partial charge in [-0.15, -0.1) is 0 Å². The van der Waals surface area contributed by atoms with Crippen molar-refractivity contribution in [3.63, 3.8) is 0 Å². The summed E-state index contributed by atoms with van der Waals surface area (Å²) < 4.78 is 5.34. The SMILES string of the molecule is C=CCOc1c(Cl)cc(CNCC(N)=O)cc1Cl. The smallest absolute Gasteiger partial charge is 0.231 e. The first-order valence-electron chi connectivity index (χ1n) is 5.25. The van der Waals surface area contributed by atoms with Crippen molar-refractivity contribution in [1.29, 1.82) is 0 Å². The van der Waals surface area contributed by atoms with E-state index in [1.807, 2.05) is 0 Å². The number of nitrogens with one attached hydrogen (secondary N) is 1. The summed E-state index contributed by atoms with van der Waals surface area (Å²) in [5.41, 5.74) is 5.86. The van der Waals surface area contributed by atoms with Crippen LogP contribution < -0.4 is 15.8 Å². The molecule has 0 fully saturated rings. The fraction of sp³-hybridized carbons (Fsp3) is 0.250. The molecule has 0 saturated heterocycles. The van der Waals surface area contributed by atoms with Crippen LogP contribution in [0.25, 0.3) is 0 Å². The first-order valence-corrected chi connectivity index (χ1v) is 6.00. The summed E-state index contributed by atoms with van der Waals surface area (Å²) in [6.07, 6.45) is 1.61. The van der Waals surface area contributed by atoms with Crippen molar-refractivity contribution in [2.24, 2.45) is 5.73 Å². The van der Waals surface area contributed by atoms with Gasteiger partial charge in [-0.3, -0.25) is 4.79 Å². The molecule has 0 aromatic heterocycles. The van der Waals surface area contributed by atoms with Crippen molar-refractivity contribution >= 4 is 29.1 Å². The Morgan fingerprint density at radius 3 is 2.56 bits per heavy atom. The number of rotatable bonds is 7. The summed E-state index contributed by atoms with van der Waals surface area (Å²) in [4.78, 5) is 10.6. The molecule has 1 aromatic rings. The van der Waals surface area contributed by atoms with Crippen LogP contribution in [0.5, 0.6) is 5.75 Å². The van der Waals surface area contributed by atoms with E-state index in [1.165, 1.54) is 0 Å². The van der Waals surface area contributed by atoms with E-state index in [9.17, 15) is 4.79 Å². The van der Waals surface area contributed by atoms with Gasteiger partial charge in [-0.25, -0.2) is 0 Å². The van der Waals surface area contributed by atoms with Crippen LogP contribution in [0.3, 0.4) is 0 Å². The van der Waals surface area contributed by atoms with Gasteiger partial charge in [0.05, 0.1) is 16.6 Å². The molecule has 98 valence electrons. The molecule has 0 saturated carbocycles. The predicted molar refractivity (Wildman–Crippen MR) is 73.1 cm³/mol. The highest BCUT2D eigenvalue weighted by Crippen LogP contribution is 2.34. The van der Waals surface area contributed by atoms with Crippen molar-refractivity contribution in [3.05, 3.63) is 40.4 Å². The number of hydrogen-bond acceptors (Lipinski definition) is 3. The number of benzene rings is 1. The predicted octanol–water partition coefficient (Wildman–Crippen LogP) is 2.13. The van der Waals surface area contributed by atoms with E-state index in [2.05, 4.69) is 11.9 Å². The van der Waals surface area contributed by atoms with Crippen LogP contribution in [0.4, 0.5) is 0 Å². The number of hydrogen-bond donors (Lipinski definition) is 2. The topological polar surface area (TPSA) is 64.3 Å². The van der Waals surface area contributed by atoms with E-state index in [1.54, 1.807) is 18.2 Å². The molecule has 3 N–H and O–H groups in total. The molecule has 0 bridgehead atoms. The standard InChI is InChI=1S/C12H14Cl2N2O2/c1-2-3-18-12-9(13)4-8(5-10(12)14)6-16-7-11(15)17/h2,4-5,16H,1,3,6-7H2,(H2,15,17). The lowest BCUT2D eigenvalue weighted by atomic mass is 10.2. The van der Waals surface area contributed by atoms with E-state index in [4.69, 9.17) is 33.7 Å². The first-order chi connectivity index (χ1) is 8.54. The molecule has 0 heterocycles. The van der Waals surface area contributed by atoms with Gasteiger partial charge in [-0.05, 0) is 17.7 Å². The van der Waals surface area contributed by atoms with Gasteiger partial charge in [0.2, 0.25) is 5.91 Å². The number of amides is 1. The number of halogens is 2. The number of primary amides is 1. The van der Waals surface area contributed by atoms with Gasteiger partial charge >= 0.3 is 0 Å². The van der Waals surface area contributed by atoms with Crippen LogP contribution in [0.15, 0.2) is 24.8 Å². The number of carbonyl (C=O) groups excluding carboxylic acids is 1. The first kappa shape index (κ1) is 14.8. The minimum absolute atomic E-state index is 0.101. The van der Waals surface area contributed by atoms with E-state index >= 15 is 0 Å². The second-order valence-corrected chi connectivity index (χ2v) is 4.37. The third-order valence-electron chi connectivity index (χ3n) is 2.03. The zero-order valence-electron chi connectivity index (χ0n) is 9.71. The lowest BCUT2D eigenvalue weighted by molar-refractivity contribution is -0.117. The third-order valence-corrected chi connectivity index (χ3v) is 2.59. The molecule has 0 aliphatic rings. The molecule has 6 heteroatoms. The second kappa shape index (κ2) is 7.26. The summed E-state index contributed by atoms with van der Waals surface area (Å²) in [5, 5.41) is 3.70. The minimum Gasteiger partial charge on any atom is -0.486 e. The molecule has 0 aliphatic heterocycles. The number of carbonyl (C=O) groups is 1. The molecular formula is C12H14Cl2N2O2. The summed E-state index contributed by atoms with van der Waals surface area (Å²) in [5.74, 6) is 0.00927.